The van der Waals surface area contributed by atoms with Crippen molar-refractivity contribution in [1.82, 2.24) is 4.98 Å². The van der Waals surface area contributed by atoms with E-state index in [1.54, 1.807) is 6.20 Å². The molecule has 2 aromatic carbocycles. The van der Waals surface area contributed by atoms with Gasteiger partial charge in [-0.25, -0.2) is 0 Å². The zero-order chi connectivity index (χ0) is 17.9. The molecule has 2 heterocycles. The number of nitrogens with zero attached hydrogens (tertiary/aromatic N) is 1. The molecule has 0 spiro atoms. The molecule has 0 aliphatic heterocycles. The number of furan rings is 1. The highest BCUT2D eigenvalue weighted by atomic mass is 16.3. The minimum atomic E-state index is 0.881. The van der Waals surface area contributed by atoms with Crippen LogP contribution in [0.5, 0.6) is 0 Å². The van der Waals surface area contributed by atoms with Crippen molar-refractivity contribution in [1.29, 1.82) is 0 Å². The summed E-state index contributed by atoms with van der Waals surface area (Å²) in [5.41, 5.74) is 6.85. The Morgan fingerprint density at radius 1 is 1.04 bits per heavy atom. The van der Waals surface area contributed by atoms with Crippen LogP contribution >= 0.6 is 0 Å². The monoisotopic (exact) mass is 339 g/mol. The number of aromatic nitrogens is 1. The lowest BCUT2D eigenvalue weighted by atomic mass is 10.0. The largest absolute Gasteiger partial charge is 0.456 e. The van der Waals surface area contributed by atoms with E-state index in [0.29, 0.717) is 0 Å². The maximum absolute atomic E-state index is 5.87. The van der Waals surface area contributed by atoms with E-state index in [0.717, 1.165) is 28.4 Å². The van der Waals surface area contributed by atoms with Gasteiger partial charge in [-0.2, -0.15) is 0 Å². The van der Waals surface area contributed by atoms with Crippen molar-refractivity contribution in [3.63, 3.8) is 0 Å². The molecule has 0 saturated carbocycles. The molecule has 2 heteroatoms. The summed E-state index contributed by atoms with van der Waals surface area (Å²) in [6.07, 6.45) is 11.1. The Hall–Kier alpha value is -3.13. The molecular formula is C24H21NO. The second kappa shape index (κ2) is 7.01. The fraction of sp³-hybridized carbons (Fsp3) is 0.125. The van der Waals surface area contributed by atoms with E-state index in [9.17, 15) is 0 Å². The Kier molecular flexibility index (Phi) is 4.40. The topological polar surface area (TPSA) is 26.0 Å². The van der Waals surface area contributed by atoms with E-state index in [1.807, 2.05) is 18.3 Å². The Morgan fingerprint density at radius 2 is 1.92 bits per heavy atom. The number of rotatable bonds is 4. The molecule has 0 fully saturated rings. The fourth-order valence-electron chi connectivity index (χ4n) is 3.22. The lowest BCUT2D eigenvalue weighted by Gasteiger charge is -2.01. The second-order valence-electron chi connectivity index (χ2n) is 6.66. The number of pyridine rings is 1. The quantitative estimate of drug-likeness (QED) is 0.397. The normalized spacial score (nSPS) is 12.5. The van der Waals surface area contributed by atoms with Crippen molar-refractivity contribution in [2.45, 2.75) is 20.3 Å². The molecule has 4 aromatic rings. The van der Waals surface area contributed by atoms with Crippen LogP contribution in [0.25, 0.3) is 27.5 Å². The van der Waals surface area contributed by atoms with Gasteiger partial charge in [0.15, 0.2) is 0 Å². The lowest BCUT2D eigenvalue weighted by Crippen LogP contribution is -1.82. The molecule has 4 rings (SSSR count). The summed E-state index contributed by atoms with van der Waals surface area (Å²) in [7, 11) is 0. The molecule has 0 aliphatic rings. The third-order valence-electron chi connectivity index (χ3n) is 4.64. The summed E-state index contributed by atoms with van der Waals surface area (Å²) in [6, 6.07) is 16.9. The third kappa shape index (κ3) is 3.31. The maximum Gasteiger partial charge on any atom is 0.138 e. The molecule has 26 heavy (non-hydrogen) atoms. The van der Waals surface area contributed by atoms with E-state index in [1.165, 1.54) is 22.3 Å². The van der Waals surface area contributed by atoms with Gasteiger partial charge in [0.25, 0.3) is 0 Å². The molecule has 0 bridgehead atoms. The van der Waals surface area contributed by atoms with Crippen LogP contribution < -0.4 is 0 Å². The van der Waals surface area contributed by atoms with Crippen LogP contribution in [0, 0.1) is 6.92 Å². The van der Waals surface area contributed by atoms with Crippen molar-refractivity contribution in [3.8, 4) is 0 Å². The van der Waals surface area contributed by atoms with Gasteiger partial charge in [0.1, 0.15) is 11.2 Å². The van der Waals surface area contributed by atoms with Gasteiger partial charge in [0.2, 0.25) is 0 Å². The van der Waals surface area contributed by atoms with Gasteiger partial charge in [-0.3, -0.25) is 4.98 Å². The van der Waals surface area contributed by atoms with Gasteiger partial charge in [-0.1, -0.05) is 54.1 Å². The van der Waals surface area contributed by atoms with Gasteiger partial charge in [-0.15, -0.1) is 0 Å². The number of hydrogen-bond acceptors (Lipinski definition) is 2. The first-order chi connectivity index (χ1) is 12.7. The first kappa shape index (κ1) is 16.3. The molecular weight excluding hydrogens is 318 g/mol. The van der Waals surface area contributed by atoms with E-state index >= 15 is 0 Å². The Labute approximate surface area is 153 Å². The SMILES string of the molecule is C/C(=C\C=C/Cc1cccc(C)c1)c1ccc2oc3ccncc3c2c1. The summed E-state index contributed by atoms with van der Waals surface area (Å²) in [5.74, 6) is 0. The van der Waals surface area contributed by atoms with Gasteiger partial charge in [0.05, 0.1) is 0 Å². The Balaban J connectivity index is 1.57. The van der Waals surface area contributed by atoms with Gasteiger partial charge >= 0.3 is 0 Å². The van der Waals surface area contributed by atoms with Gasteiger partial charge < -0.3 is 4.42 Å². The summed E-state index contributed by atoms with van der Waals surface area (Å²) < 4.78 is 5.87. The van der Waals surface area contributed by atoms with E-state index in [-0.39, 0.29) is 0 Å². The zero-order valence-electron chi connectivity index (χ0n) is 15.1. The fourth-order valence-corrected chi connectivity index (χ4v) is 3.22. The van der Waals surface area contributed by atoms with E-state index in [2.05, 4.69) is 73.5 Å². The Morgan fingerprint density at radius 3 is 2.81 bits per heavy atom. The average Bonchev–Trinajstić information content (AvgIpc) is 3.03. The third-order valence-corrected chi connectivity index (χ3v) is 4.64. The first-order valence-electron chi connectivity index (χ1n) is 8.86. The molecule has 0 aliphatic carbocycles. The smallest absolute Gasteiger partial charge is 0.138 e. The molecule has 2 nitrogen and oxygen atoms in total. The highest BCUT2D eigenvalue weighted by molar-refractivity contribution is 6.05. The second-order valence-corrected chi connectivity index (χ2v) is 6.66. The minimum absolute atomic E-state index is 0.881. The molecule has 0 saturated heterocycles. The molecule has 128 valence electrons. The summed E-state index contributed by atoms with van der Waals surface area (Å²) >= 11 is 0. The Bertz CT molecular complexity index is 1130. The van der Waals surface area contributed by atoms with Gasteiger partial charge in [-0.05, 0) is 55.2 Å². The van der Waals surface area contributed by atoms with Crippen LogP contribution in [-0.4, -0.2) is 4.98 Å². The van der Waals surface area contributed by atoms with Crippen molar-refractivity contribution >= 4 is 27.5 Å². The van der Waals surface area contributed by atoms with Crippen LogP contribution in [0.2, 0.25) is 0 Å². The van der Waals surface area contributed by atoms with E-state index in [4.69, 9.17) is 4.42 Å². The highest BCUT2D eigenvalue weighted by Gasteiger charge is 2.07. The number of allylic oxidation sites excluding steroid dienone is 4. The van der Waals surface area contributed by atoms with Crippen LogP contribution in [0.3, 0.4) is 0 Å². The molecule has 0 unspecified atom stereocenters. The molecule has 0 atom stereocenters. The number of aryl methyl sites for hydroxylation is 1. The van der Waals surface area contributed by atoms with Crippen molar-refractivity contribution in [3.05, 3.63) is 95.8 Å². The van der Waals surface area contributed by atoms with Crippen LogP contribution in [0.4, 0.5) is 0 Å². The van der Waals surface area contributed by atoms with Gasteiger partial charge in [0, 0.05) is 23.2 Å². The predicted octanol–water partition coefficient (Wildman–Crippen LogP) is 6.49. The first-order valence-corrected chi connectivity index (χ1v) is 8.86. The van der Waals surface area contributed by atoms with Crippen molar-refractivity contribution < 1.29 is 4.42 Å². The predicted molar refractivity (Wildman–Crippen MR) is 109 cm³/mol. The summed E-state index contributed by atoms with van der Waals surface area (Å²) in [5, 5.41) is 2.18. The minimum Gasteiger partial charge on any atom is -0.456 e. The zero-order valence-corrected chi connectivity index (χ0v) is 15.1. The molecule has 0 N–H and O–H groups in total. The molecule has 2 aromatic heterocycles. The number of fused-ring (bicyclic) bond motifs is 3. The van der Waals surface area contributed by atoms with E-state index < -0.39 is 0 Å². The standard InChI is InChI=1S/C24H21NO/c1-17-6-5-9-19(14-17)8-4-3-7-18(2)20-10-11-23-21(15-20)22-16-25-13-12-24(22)26-23/h3-7,9-16H,8H2,1-2H3/b4-3-,18-7+. The molecule has 0 radical (unpaired) electrons. The summed E-state index contributed by atoms with van der Waals surface area (Å²) in [6.45, 7) is 4.27. The molecule has 0 amide bonds. The number of hydrogen-bond donors (Lipinski definition) is 0. The van der Waals surface area contributed by atoms with Crippen molar-refractivity contribution in [2.75, 3.05) is 0 Å². The van der Waals surface area contributed by atoms with Crippen LogP contribution in [0.15, 0.2) is 83.6 Å². The van der Waals surface area contributed by atoms with Crippen LogP contribution in [-0.2, 0) is 6.42 Å². The average molecular weight is 339 g/mol. The highest BCUT2D eigenvalue weighted by Crippen LogP contribution is 2.30. The summed E-state index contributed by atoms with van der Waals surface area (Å²) in [4.78, 5) is 4.22. The van der Waals surface area contributed by atoms with Crippen molar-refractivity contribution in [2.24, 2.45) is 0 Å². The maximum atomic E-state index is 5.87. The van der Waals surface area contributed by atoms with Crippen LogP contribution in [0.1, 0.15) is 23.6 Å². The number of benzene rings is 2. The lowest BCUT2D eigenvalue weighted by molar-refractivity contribution is 0.668.